The minimum absolute atomic E-state index is 0.0308. The molecule has 2 aliphatic rings. The third-order valence-corrected chi connectivity index (χ3v) is 7.17. The van der Waals surface area contributed by atoms with E-state index in [2.05, 4.69) is 0 Å². The molecule has 190 valence electrons. The fourth-order valence-electron chi connectivity index (χ4n) is 5.13. The molecular formula is C30H35NO5. The number of hydrogen-bond donors (Lipinski definition) is 0. The van der Waals surface area contributed by atoms with Gasteiger partial charge in [0.2, 0.25) is 0 Å². The highest BCUT2D eigenvalue weighted by Gasteiger charge is 2.45. The number of aliphatic imine (C=N–C) groups is 1. The van der Waals surface area contributed by atoms with E-state index in [1.54, 1.807) is 7.11 Å². The van der Waals surface area contributed by atoms with Gasteiger partial charge in [-0.25, -0.2) is 0 Å². The second kappa shape index (κ2) is 11.1. The van der Waals surface area contributed by atoms with Crippen molar-refractivity contribution < 1.29 is 23.8 Å². The summed E-state index contributed by atoms with van der Waals surface area (Å²) < 4.78 is 16.7. The molecule has 0 aromatic heterocycles. The summed E-state index contributed by atoms with van der Waals surface area (Å²) in [6.07, 6.45) is 1.54. The molecule has 0 N–H and O–H groups in total. The Kier molecular flexibility index (Phi) is 7.92. The van der Waals surface area contributed by atoms with Gasteiger partial charge < -0.3 is 14.2 Å². The first-order chi connectivity index (χ1) is 17.4. The van der Waals surface area contributed by atoms with Crippen LogP contribution in [0, 0.1) is 5.92 Å². The summed E-state index contributed by atoms with van der Waals surface area (Å²) in [6, 6.07) is 15.5. The zero-order chi connectivity index (χ0) is 25.8. The lowest BCUT2D eigenvalue weighted by Crippen LogP contribution is -2.39. The standard InChI is InChI=1S/C30H35NO5/c1-6-18(3)36-30(33)27-19(4)31-25-16-22(20-8-12-23(34-5)13-9-20)17-26(32)29(25)28(27)21-10-14-24(15-11-21)35-7-2/h8-15,18,22,27-28H,6-7,16-17H2,1-5H3/t18-,22-,27?,28+/m1/s1. The number of carbonyl (C=O) groups is 2. The molecule has 0 radical (unpaired) electrons. The molecule has 0 fully saturated rings. The molecule has 36 heavy (non-hydrogen) atoms. The maximum absolute atomic E-state index is 13.7. The SMILES string of the molecule is CCOc1ccc([C@@H]2C3=C(C[C@@H](c4ccc(OC)cc4)CC3=O)N=C(C)C2C(=O)O[C@H](C)CC)cc1. The number of carbonyl (C=O) groups excluding carboxylic acids is 2. The Labute approximate surface area is 213 Å². The molecule has 0 spiro atoms. The van der Waals surface area contributed by atoms with Crippen LogP contribution in [-0.2, 0) is 14.3 Å². The number of benzene rings is 2. The third kappa shape index (κ3) is 5.23. The van der Waals surface area contributed by atoms with Gasteiger partial charge in [-0.2, -0.15) is 0 Å². The smallest absolute Gasteiger partial charge is 0.315 e. The Balaban J connectivity index is 1.74. The summed E-state index contributed by atoms with van der Waals surface area (Å²) in [5, 5.41) is 0. The average molecular weight is 490 g/mol. The monoisotopic (exact) mass is 489 g/mol. The van der Waals surface area contributed by atoms with Crippen molar-refractivity contribution in [2.24, 2.45) is 10.9 Å². The predicted molar refractivity (Wildman–Crippen MR) is 140 cm³/mol. The van der Waals surface area contributed by atoms with Crippen molar-refractivity contribution in [2.45, 2.75) is 64.9 Å². The number of rotatable bonds is 8. The fourth-order valence-corrected chi connectivity index (χ4v) is 5.13. The van der Waals surface area contributed by atoms with E-state index < -0.39 is 11.8 Å². The normalized spacial score (nSPS) is 22.4. The van der Waals surface area contributed by atoms with E-state index in [0.717, 1.165) is 34.7 Å². The molecule has 0 saturated heterocycles. The molecule has 1 heterocycles. The summed E-state index contributed by atoms with van der Waals surface area (Å²) >= 11 is 0. The fraction of sp³-hybridized carbons (Fsp3) is 0.433. The van der Waals surface area contributed by atoms with Gasteiger partial charge in [0.05, 0.1) is 19.8 Å². The Bertz CT molecular complexity index is 1160. The van der Waals surface area contributed by atoms with Crippen LogP contribution < -0.4 is 9.47 Å². The van der Waals surface area contributed by atoms with Gasteiger partial charge in [-0.05, 0) is 74.9 Å². The number of ketones is 1. The summed E-state index contributed by atoms with van der Waals surface area (Å²) in [5.74, 6) is 0.194. The van der Waals surface area contributed by atoms with E-state index >= 15 is 0 Å². The lowest BCUT2D eigenvalue weighted by Gasteiger charge is -2.37. The first-order valence-corrected chi connectivity index (χ1v) is 12.7. The van der Waals surface area contributed by atoms with Gasteiger partial charge in [0.1, 0.15) is 17.4 Å². The van der Waals surface area contributed by atoms with Crippen molar-refractivity contribution in [1.29, 1.82) is 0 Å². The highest BCUT2D eigenvalue weighted by atomic mass is 16.5. The number of ether oxygens (including phenoxy) is 3. The molecule has 0 amide bonds. The van der Waals surface area contributed by atoms with Crippen LogP contribution in [0.5, 0.6) is 11.5 Å². The summed E-state index contributed by atoms with van der Waals surface area (Å²) in [4.78, 5) is 31.9. The molecule has 4 rings (SSSR count). The Hall–Kier alpha value is -3.41. The topological polar surface area (TPSA) is 74.2 Å². The number of Topliss-reactive ketones (excluding diaryl/α,β-unsaturated/α-hetero) is 1. The van der Waals surface area contributed by atoms with Crippen LogP contribution in [0.1, 0.15) is 69.9 Å². The van der Waals surface area contributed by atoms with Gasteiger partial charge >= 0.3 is 5.97 Å². The highest BCUT2D eigenvalue weighted by molar-refractivity contribution is 6.09. The van der Waals surface area contributed by atoms with Gasteiger partial charge in [-0.3, -0.25) is 14.6 Å². The van der Waals surface area contributed by atoms with E-state index in [1.807, 2.05) is 76.2 Å². The van der Waals surface area contributed by atoms with Crippen LogP contribution in [0.25, 0.3) is 0 Å². The van der Waals surface area contributed by atoms with Gasteiger partial charge in [0.25, 0.3) is 0 Å². The first kappa shape index (κ1) is 25.7. The van der Waals surface area contributed by atoms with E-state index in [0.29, 0.717) is 30.7 Å². The molecule has 1 aliphatic carbocycles. The molecule has 1 unspecified atom stereocenters. The van der Waals surface area contributed by atoms with Crippen molar-refractivity contribution in [1.82, 2.24) is 0 Å². The number of methoxy groups -OCH3 is 1. The molecule has 4 atom stereocenters. The maximum atomic E-state index is 13.7. The van der Waals surface area contributed by atoms with Gasteiger partial charge in [0, 0.05) is 29.3 Å². The lowest BCUT2D eigenvalue weighted by molar-refractivity contribution is -0.151. The molecule has 2 aromatic carbocycles. The molecular weight excluding hydrogens is 454 g/mol. The van der Waals surface area contributed by atoms with Crippen molar-refractivity contribution in [2.75, 3.05) is 13.7 Å². The molecule has 1 aliphatic heterocycles. The highest BCUT2D eigenvalue weighted by Crippen LogP contribution is 2.47. The second-order valence-corrected chi connectivity index (χ2v) is 9.53. The predicted octanol–water partition coefficient (Wildman–Crippen LogP) is 6.01. The van der Waals surface area contributed by atoms with Crippen LogP contribution in [-0.4, -0.2) is 37.3 Å². The first-order valence-electron chi connectivity index (χ1n) is 12.7. The van der Waals surface area contributed by atoms with Crippen molar-refractivity contribution >= 4 is 17.5 Å². The van der Waals surface area contributed by atoms with Crippen LogP contribution >= 0.6 is 0 Å². The number of esters is 1. The number of hydrogen-bond acceptors (Lipinski definition) is 6. The minimum Gasteiger partial charge on any atom is -0.497 e. The number of allylic oxidation sites excluding steroid dienone is 2. The molecule has 0 saturated carbocycles. The average Bonchev–Trinajstić information content (AvgIpc) is 2.88. The molecule has 6 heteroatoms. The van der Waals surface area contributed by atoms with E-state index in [9.17, 15) is 9.59 Å². The Morgan fingerprint density at radius 1 is 1.00 bits per heavy atom. The van der Waals surface area contributed by atoms with Crippen LogP contribution in [0.3, 0.4) is 0 Å². The van der Waals surface area contributed by atoms with E-state index in [1.165, 1.54) is 0 Å². The summed E-state index contributed by atoms with van der Waals surface area (Å²) in [7, 11) is 1.64. The quantitative estimate of drug-likeness (QED) is 0.425. The van der Waals surface area contributed by atoms with Gasteiger partial charge in [-0.15, -0.1) is 0 Å². The molecule has 2 aromatic rings. The van der Waals surface area contributed by atoms with E-state index in [-0.39, 0.29) is 23.8 Å². The Morgan fingerprint density at radius 3 is 2.25 bits per heavy atom. The summed E-state index contributed by atoms with van der Waals surface area (Å²) in [5.41, 5.74) is 4.07. The van der Waals surface area contributed by atoms with Crippen molar-refractivity contribution in [3.63, 3.8) is 0 Å². The van der Waals surface area contributed by atoms with Crippen molar-refractivity contribution in [3.05, 3.63) is 70.9 Å². The summed E-state index contributed by atoms with van der Waals surface area (Å²) in [6.45, 7) is 8.24. The van der Waals surface area contributed by atoms with Crippen LogP contribution in [0.4, 0.5) is 0 Å². The zero-order valence-electron chi connectivity index (χ0n) is 21.7. The largest absolute Gasteiger partial charge is 0.497 e. The molecule has 0 bridgehead atoms. The van der Waals surface area contributed by atoms with Crippen LogP contribution in [0.2, 0.25) is 0 Å². The second-order valence-electron chi connectivity index (χ2n) is 9.53. The minimum atomic E-state index is -0.642. The molecule has 6 nitrogen and oxygen atoms in total. The van der Waals surface area contributed by atoms with Crippen molar-refractivity contribution in [3.8, 4) is 11.5 Å². The van der Waals surface area contributed by atoms with E-state index in [4.69, 9.17) is 19.2 Å². The number of nitrogens with zero attached hydrogens (tertiary/aromatic N) is 1. The maximum Gasteiger partial charge on any atom is 0.315 e. The Morgan fingerprint density at radius 2 is 1.64 bits per heavy atom. The van der Waals surface area contributed by atoms with Crippen LogP contribution in [0.15, 0.2) is 64.8 Å². The zero-order valence-corrected chi connectivity index (χ0v) is 21.7. The van der Waals surface area contributed by atoms with Gasteiger partial charge in [-0.1, -0.05) is 31.2 Å². The van der Waals surface area contributed by atoms with Gasteiger partial charge in [0.15, 0.2) is 5.78 Å². The lowest BCUT2D eigenvalue weighted by atomic mass is 9.69. The third-order valence-electron chi connectivity index (χ3n) is 7.17.